The topological polar surface area (TPSA) is 53.6 Å². The third-order valence-corrected chi connectivity index (χ3v) is 4.44. The van der Waals surface area contributed by atoms with Gasteiger partial charge in [-0.15, -0.1) is 0 Å². The number of anilines is 3. The van der Waals surface area contributed by atoms with E-state index in [1.807, 2.05) is 35.2 Å². The second-order valence-corrected chi connectivity index (χ2v) is 6.35. The number of ether oxygens (including phenoxy) is 1. The quantitative estimate of drug-likeness (QED) is 0.688. The average molecular weight is 369 g/mol. The minimum Gasteiger partial charge on any atom is -0.383 e. The standard InChI is InChI=1S/C21H24FN3O2/c1-3-10-25(11-12-27-2)20-9-8-15(13-18(20)22)23-14-17-16-6-4-5-7-19(16)24-21(17)26/h4-9,13-14,23H,3,10-12H2,1-2H3,(H,24,26)/b17-14+. The summed E-state index contributed by atoms with van der Waals surface area (Å²) in [6.07, 6.45) is 2.54. The summed E-state index contributed by atoms with van der Waals surface area (Å²) < 4.78 is 19.8. The van der Waals surface area contributed by atoms with Crippen LogP contribution in [0.15, 0.2) is 48.7 Å². The number of benzene rings is 2. The predicted octanol–water partition coefficient (Wildman–Crippen LogP) is 4.09. The first-order chi connectivity index (χ1) is 13.1. The van der Waals surface area contributed by atoms with E-state index in [9.17, 15) is 9.18 Å². The van der Waals surface area contributed by atoms with Gasteiger partial charge in [0.25, 0.3) is 5.91 Å². The Morgan fingerprint density at radius 1 is 1.22 bits per heavy atom. The largest absolute Gasteiger partial charge is 0.383 e. The maximum Gasteiger partial charge on any atom is 0.257 e. The Balaban J connectivity index is 1.77. The van der Waals surface area contributed by atoms with Crippen LogP contribution in [0.2, 0.25) is 0 Å². The highest BCUT2D eigenvalue weighted by molar-refractivity contribution is 6.31. The van der Waals surface area contributed by atoms with Crippen LogP contribution < -0.4 is 15.5 Å². The molecule has 1 heterocycles. The van der Waals surface area contributed by atoms with Crippen molar-refractivity contribution in [2.75, 3.05) is 42.3 Å². The minimum atomic E-state index is -0.306. The van der Waals surface area contributed by atoms with Gasteiger partial charge in [0.05, 0.1) is 17.9 Å². The normalized spacial score (nSPS) is 14.2. The zero-order chi connectivity index (χ0) is 19.2. The van der Waals surface area contributed by atoms with Crippen LogP contribution in [0, 0.1) is 5.82 Å². The van der Waals surface area contributed by atoms with Crippen LogP contribution in [0.25, 0.3) is 5.57 Å². The highest BCUT2D eigenvalue weighted by atomic mass is 19.1. The molecule has 0 aromatic heterocycles. The molecule has 0 atom stereocenters. The summed E-state index contributed by atoms with van der Waals surface area (Å²) in [4.78, 5) is 14.1. The first kappa shape index (κ1) is 18.9. The second-order valence-electron chi connectivity index (χ2n) is 6.35. The number of nitrogens with one attached hydrogen (secondary N) is 2. The lowest BCUT2D eigenvalue weighted by atomic mass is 10.1. The van der Waals surface area contributed by atoms with E-state index >= 15 is 0 Å². The Hall–Kier alpha value is -2.86. The number of halogens is 1. The fourth-order valence-corrected chi connectivity index (χ4v) is 3.11. The molecule has 0 bridgehead atoms. The van der Waals surface area contributed by atoms with E-state index in [0.29, 0.717) is 30.1 Å². The van der Waals surface area contributed by atoms with Crippen LogP contribution >= 0.6 is 0 Å². The highest BCUT2D eigenvalue weighted by Gasteiger charge is 2.23. The highest BCUT2D eigenvalue weighted by Crippen LogP contribution is 2.31. The lowest BCUT2D eigenvalue weighted by Crippen LogP contribution is -2.28. The van der Waals surface area contributed by atoms with Gasteiger partial charge in [0.1, 0.15) is 5.82 Å². The van der Waals surface area contributed by atoms with E-state index in [1.54, 1.807) is 19.4 Å². The molecule has 0 spiro atoms. The number of hydrogen-bond acceptors (Lipinski definition) is 4. The van der Waals surface area contributed by atoms with Gasteiger partial charge in [-0.1, -0.05) is 25.1 Å². The molecule has 3 rings (SSSR count). The van der Waals surface area contributed by atoms with Gasteiger partial charge >= 0.3 is 0 Å². The van der Waals surface area contributed by atoms with Crippen molar-refractivity contribution in [1.82, 2.24) is 0 Å². The maximum absolute atomic E-state index is 14.6. The Kier molecular flexibility index (Phi) is 6.08. The fourth-order valence-electron chi connectivity index (χ4n) is 3.11. The molecule has 0 fully saturated rings. The average Bonchev–Trinajstić information content (AvgIpc) is 2.99. The lowest BCUT2D eigenvalue weighted by Gasteiger charge is -2.24. The van der Waals surface area contributed by atoms with Crippen molar-refractivity contribution in [3.05, 3.63) is 60.0 Å². The SMILES string of the molecule is CCCN(CCOC)c1ccc(N/C=C2/C(=O)Nc3ccccc32)cc1F. The molecular formula is C21H24FN3O2. The minimum absolute atomic E-state index is 0.172. The van der Waals surface area contributed by atoms with Crippen molar-refractivity contribution in [3.63, 3.8) is 0 Å². The molecule has 27 heavy (non-hydrogen) atoms. The smallest absolute Gasteiger partial charge is 0.257 e. The van der Waals surface area contributed by atoms with Gasteiger partial charge in [-0.3, -0.25) is 4.79 Å². The number of carbonyl (C=O) groups is 1. The molecule has 0 saturated carbocycles. The van der Waals surface area contributed by atoms with Crippen molar-refractivity contribution in [3.8, 4) is 0 Å². The maximum atomic E-state index is 14.6. The number of para-hydroxylation sites is 1. The van der Waals surface area contributed by atoms with E-state index in [0.717, 1.165) is 24.2 Å². The molecule has 2 aromatic rings. The summed E-state index contributed by atoms with van der Waals surface area (Å²) in [6, 6.07) is 12.5. The van der Waals surface area contributed by atoms with Gasteiger partial charge in [-0.2, -0.15) is 0 Å². The third kappa shape index (κ3) is 4.28. The predicted molar refractivity (Wildman–Crippen MR) is 107 cm³/mol. The van der Waals surface area contributed by atoms with Gasteiger partial charge in [0, 0.05) is 43.3 Å². The number of rotatable bonds is 8. The Bertz CT molecular complexity index is 851. The van der Waals surface area contributed by atoms with Crippen molar-refractivity contribution in [2.24, 2.45) is 0 Å². The van der Waals surface area contributed by atoms with E-state index in [4.69, 9.17) is 4.74 Å². The number of carbonyl (C=O) groups excluding carboxylic acids is 1. The van der Waals surface area contributed by atoms with Crippen LogP contribution in [0.4, 0.5) is 21.5 Å². The van der Waals surface area contributed by atoms with Gasteiger partial charge in [-0.05, 0) is 30.7 Å². The molecule has 0 aliphatic carbocycles. The van der Waals surface area contributed by atoms with Crippen molar-refractivity contribution >= 4 is 28.5 Å². The summed E-state index contributed by atoms with van der Waals surface area (Å²) in [6.45, 7) is 3.99. The first-order valence-corrected chi connectivity index (χ1v) is 9.05. The molecule has 0 unspecified atom stereocenters. The van der Waals surface area contributed by atoms with Gasteiger partial charge in [-0.25, -0.2) is 4.39 Å². The molecule has 0 radical (unpaired) electrons. The van der Waals surface area contributed by atoms with E-state index in [-0.39, 0.29) is 11.7 Å². The van der Waals surface area contributed by atoms with E-state index in [2.05, 4.69) is 17.6 Å². The van der Waals surface area contributed by atoms with Crippen molar-refractivity contribution < 1.29 is 13.9 Å². The summed E-state index contributed by atoms with van der Waals surface area (Å²) in [5.41, 5.74) is 3.29. The van der Waals surface area contributed by atoms with Crippen LogP contribution in [-0.4, -0.2) is 32.7 Å². The molecule has 142 valence electrons. The molecule has 6 heteroatoms. The summed E-state index contributed by atoms with van der Waals surface area (Å²) in [5, 5.41) is 5.85. The molecule has 2 N–H and O–H groups in total. The monoisotopic (exact) mass is 369 g/mol. The molecule has 1 aliphatic heterocycles. The van der Waals surface area contributed by atoms with Gasteiger partial charge < -0.3 is 20.3 Å². The first-order valence-electron chi connectivity index (χ1n) is 9.05. The van der Waals surface area contributed by atoms with E-state index < -0.39 is 0 Å². The number of hydrogen-bond donors (Lipinski definition) is 2. The number of amides is 1. The summed E-state index contributed by atoms with van der Waals surface area (Å²) in [7, 11) is 1.64. The molecular weight excluding hydrogens is 345 g/mol. The fraction of sp³-hybridized carbons (Fsp3) is 0.286. The Labute approximate surface area is 158 Å². The van der Waals surface area contributed by atoms with Crippen LogP contribution in [-0.2, 0) is 9.53 Å². The second kappa shape index (κ2) is 8.68. The Morgan fingerprint density at radius 2 is 2.04 bits per heavy atom. The molecule has 2 aromatic carbocycles. The molecule has 0 saturated heterocycles. The number of methoxy groups -OCH3 is 1. The molecule has 1 aliphatic rings. The summed E-state index contributed by atoms with van der Waals surface area (Å²) in [5.74, 6) is -0.478. The van der Waals surface area contributed by atoms with Crippen molar-refractivity contribution in [2.45, 2.75) is 13.3 Å². The lowest BCUT2D eigenvalue weighted by molar-refractivity contribution is -0.110. The third-order valence-electron chi connectivity index (χ3n) is 4.44. The van der Waals surface area contributed by atoms with Crippen LogP contribution in [0.5, 0.6) is 0 Å². The van der Waals surface area contributed by atoms with Crippen LogP contribution in [0.3, 0.4) is 0 Å². The van der Waals surface area contributed by atoms with E-state index in [1.165, 1.54) is 6.07 Å². The Morgan fingerprint density at radius 3 is 2.78 bits per heavy atom. The van der Waals surface area contributed by atoms with Crippen molar-refractivity contribution in [1.29, 1.82) is 0 Å². The summed E-state index contributed by atoms with van der Waals surface area (Å²) >= 11 is 0. The zero-order valence-electron chi connectivity index (χ0n) is 15.6. The molecule has 1 amide bonds. The van der Waals surface area contributed by atoms with Gasteiger partial charge in [0.2, 0.25) is 0 Å². The van der Waals surface area contributed by atoms with Crippen LogP contribution in [0.1, 0.15) is 18.9 Å². The number of fused-ring (bicyclic) bond motifs is 1. The van der Waals surface area contributed by atoms with Gasteiger partial charge in [0.15, 0.2) is 0 Å². The zero-order valence-corrected chi connectivity index (χ0v) is 15.6. The molecule has 5 nitrogen and oxygen atoms in total. The number of nitrogens with zero attached hydrogens (tertiary/aromatic N) is 1.